The summed E-state index contributed by atoms with van der Waals surface area (Å²) >= 11 is 0. The van der Waals surface area contributed by atoms with E-state index < -0.39 is 17.5 Å². The number of furan rings is 1. The van der Waals surface area contributed by atoms with Crippen LogP contribution >= 0.6 is 0 Å². The number of carboxylic acid groups (broad SMARTS) is 1. The van der Waals surface area contributed by atoms with Crippen LogP contribution in [0.1, 0.15) is 33.0 Å². The fraction of sp³-hybridized carbons (Fsp3) is 0.538. The largest absolute Gasteiger partial charge is 0.480 e. The summed E-state index contributed by atoms with van der Waals surface area (Å²) < 4.78 is 5.18. The van der Waals surface area contributed by atoms with E-state index in [1.165, 1.54) is 6.92 Å². The van der Waals surface area contributed by atoms with E-state index in [2.05, 4.69) is 10.6 Å². The van der Waals surface area contributed by atoms with Crippen molar-refractivity contribution in [3.05, 3.63) is 24.2 Å². The van der Waals surface area contributed by atoms with Gasteiger partial charge in [-0.3, -0.25) is 0 Å². The Labute approximate surface area is 112 Å². The summed E-state index contributed by atoms with van der Waals surface area (Å²) in [5, 5.41) is 14.2. The third-order valence-electron chi connectivity index (χ3n) is 3.03. The number of hydrogen-bond donors (Lipinski definition) is 3. The lowest BCUT2D eigenvalue weighted by atomic mass is 10.00. The zero-order valence-corrected chi connectivity index (χ0v) is 11.4. The summed E-state index contributed by atoms with van der Waals surface area (Å²) in [6.45, 7) is 5.01. The van der Waals surface area contributed by atoms with E-state index in [9.17, 15) is 9.59 Å². The summed E-state index contributed by atoms with van der Waals surface area (Å²) in [4.78, 5) is 22.8. The fourth-order valence-corrected chi connectivity index (χ4v) is 1.59. The van der Waals surface area contributed by atoms with E-state index in [0.29, 0.717) is 12.8 Å². The molecular formula is C13H20N2O4. The van der Waals surface area contributed by atoms with Crippen molar-refractivity contribution < 1.29 is 19.1 Å². The topological polar surface area (TPSA) is 91.6 Å². The number of rotatable bonds is 6. The standard InChI is InChI=1S/C13H20N2O4/c1-4-13(3,11(16)17)15-12(18)14-9(2)8-10-6-5-7-19-10/h5-7,9H,4,8H2,1-3H3,(H,16,17)(H2,14,15,18). The lowest BCUT2D eigenvalue weighted by Gasteiger charge is -2.25. The summed E-state index contributed by atoms with van der Waals surface area (Å²) in [6.07, 6.45) is 2.43. The van der Waals surface area contributed by atoms with Crippen LogP contribution in [0.5, 0.6) is 0 Å². The van der Waals surface area contributed by atoms with Gasteiger partial charge in [-0.2, -0.15) is 0 Å². The minimum atomic E-state index is -1.26. The Kier molecular flexibility index (Phi) is 4.97. The molecule has 0 saturated carbocycles. The van der Waals surface area contributed by atoms with Crippen molar-refractivity contribution >= 4 is 12.0 Å². The van der Waals surface area contributed by atoms with Gasteiger partial charge in [0.15, 0.2) is 0 Å². The number of carbonyl (C=O) groups excluding carboxylic acids is 1. The molecule has 1 aromatic rings. The molecule has 0 spiro atoms. The van der Waals surface area contributed by atoms with Crippen LogP contribution in [0.2, 0.25) is 0 Å². The van der Waals surface area contributed by atoms with Crippen molar-refractivity contribution in [3.8, 4) is 0 Å². The number of aliphatic carboxylic acids is 1. The quantitative estimate of drug-likeness (QED) is 0.733. The molecule has 2 unspecified atom stereocenters. The number of carbonyl (C=O) groups is 2. The van der Waals surface area contributed by atoms with E-state index in [1.807, 2.05) is 13.0 Å². The maximum absolute atomic E-state index is 11.7. The molecule has 6 heteroatoms. The minimum absolute atomic E-state index is 0.152. The van der Waals surface area contributed by atoms with Crippen LogP contribution in [0.15, 0.2) is 22.8 Å². The zero-order valence-electron chi connectivity index (χ0n) is 11.4. The number of nitrogens with one attached hydrogen (secondary N) is 2. The molecule has 6 nitrogen and oxygen atoms in total. The van der Waals surface area contributed by atoms with Crippen molar-refractivity contribution in [1.82, 2.24) is 10.6 Å². The lowest BCUT2D eigenvalue weighted by molar-refractivity contribution is -0.143. The van der Waals surface area contributed by atoms with Crippen molar-refractivity contribution in [2.45, 2.75) is 45.2 Å². The molecule has 19 heavy (non-hydrogen) atoms. The highest BCUT2D eigenvalue weighted by Gasteiger charge is 2.32. The van der Waals surface area contributed by atoms with Crippen LogP contribution in [0.3, 0.4) is 0 Å². The Hall–Kier alpha value is -1.98. The minimum Gasteiger partial charge on any atom is -0.480 e. The monoisotopic (exact) mass is 268 g/mol. The highest BCUT2D eigenvalue weighted by molar-refractivity contribution is 5.85. The molecular weight excluding hydrogens is 248 g/mol. The first-order chi connectivity index (χ1) is 8.87. The van der Waals surface area contributed by atoms with Gasteiger partial charge in [0.2, 0.25) is 0 Å². The Morgan fingerprint density at radius 1 is 1.53 bits per heavy atom. The van der Waals surface area contributed by atoms with Crippen LogP contribution in [-0.4, -0.2) is 28.7 Å². The second-order valence-electron chi connectivity index (χ2n) is 4.77. The molecule has 2 atom stereocenters. The van der Waals surface area contributed by atoms with Gasteiger partial charge in [-0.05, 0) is 32.4 Å². The molecule has 2 amide bonds. The molecule has 1 aromatic heterocycles. The SMILES string of the molecule is CCC(C)(NC(=O)NC(C)Cc1ccco1)C(=O)O. The first-order valence-corrected chi connectivity index (χ1v) is 6.22. The number of hydrogen-bond acceptors (Lipinski definition) is 3. The molecule has 0 bridgehead atoms. The van der Waals surface area contributed by atoms with Crippen molar-refractivity contribution in [1.29, 1.82) is 0 Å². The predicted octanol–water partition coefficient (Wildman–Crippen LogP) is 1.76. The summed E-state index contributed by atoms with van der Waals surface area (Å²) in [6, 6.07) is 2.95. The summed E-state index contributed by atoms with van der Waals surface area (Å²) in [5.41, 5.74) is -1.26. The fourth-order valence-electron chi connectivity index (χ4n) is 1.59. The van der Waals surface area contributed by atoms with Crippen LogP contribution < -0.4 is 10.6 Å². The second kappa shape index (κ2) is 6.26. The molecule has 0 aliphatic heterocycles. The first kappa shape index (κ1) is 15.1. The smallest absolute Gasteiger partial charge is 0.329 e. The summed E-state index contributed by atoms with van der Waals surface area (Å²) in [5.74, 6) is -0.284. The molecule has 0 radical (unpaired) electrons. The van der Waals surface area contributed by atoms with E-state index >= 15 is 0 Å². The predicted molar refractivity (Wildman–Crippen MR) is 69.9 cm³/mol. The Balaban J connectivity index is 2.48. The normalized spacial score (nSPS) is 15.3. The van der Waals surface area contributed by atoms with Gasteiger partial charge < -0.3 is 20.2 Å². The van der Waals surface area contributed by atoms with Gasteiger partial charge in [-0.25, -0.2) is 9.59 Å². The average molecular weight is 268 g/mol. The van der Waals surface area contributed by atoms with Gasteiger partial charge in [-0.15, -0.1) is 0 Å². The van der Waals surface area contributed by atoms with Gasteiger partial charge in [0.05, 0.1) is 6.26 Å². The Morgan fingerprint density at radius 2 is 2.21 bits per heavy atom. The van der Waals surface area contributed by atoms with Gasteiger partial charge in [0, 0.05) is 12.5 Å². The lowest BCUT2D eigenvalue weighted by Crippen LogP contribution is -2.56. The number of carboxylic acids is 1. The third-order valence-corrected chi connectivity index (χ3v) is 3.03. The van der Waals surface area contributed by atoms with Crippen molar-refractivity contribution in [3.63, 3.8) is 0 Å². The molecule has 0 aromatic carbocycles. The molecule has 1 rings (SSSR count). The molecule has 0 aliphatic carbocycles. The van der Waals surface area contributed by atoms with E-state index in [1.54, 1.807) is 19.3 Å². The second-order valence-corrected chi connectivity index (χ2v) is 4.77. The van der Waals surface area contributed by atoms with Gasteiger partial charge in [0.25, 0.3) is 0 Å². The third kappa shape index (κ3) is 4.31. The van der Waals surface area contributed by atoms with Crippen LogP contribution in [-0.2, 0) is 11.2 Å². The highest BCUT2D eigenvalue weighted by atomic mass is 16.4. The summed E-state index contributed by atoms with van der Waals surface area (Å²) in [7, 11) is 0. The highest BCUT2D eigenvalue weighted by Crippen LogP contribution is 2.09. The van der Waals surface area contributed by atoms with Gasteiger partial charge in [-0.1, -0.05) is 6.92 Å². The maximum atomic E-state index is 11.7. The number of amides is 2. The molecule has 0 fully saturated rings. The van der Waals surface area contributed by atoms with Gasteiger partial charge in [0.1, 0.15) is 11.3 Å². The Morgan fingerprint density at radius 3 is 2.68 bits per heavy atom. The van der Waals surface area contributed by atoms with Crippen molar-refractivity contribution in [2.24, 2.45) is 0 Å². The average Bonchev–Trinajstić information content (AvgIpc) is 2.80. The molecule has 3 N–H and O–H groups in total. The number of urea groups is 1. The van der Waals surface area contributed by atoms with Gasteiger partial charge >= 0.3 is 12.0 Å². The first-order valence-electron chi connectivity index (χ1n) is 6.22. The maximum Gasteiger partial charge on any atom is 0.329 e. The van der Waals surface area contributed by atoms with Crippen molar-refractivity contribution in [2.75, 3.05) is 0 Å². The molecule has 1 heterocycles. The van der Waals surface area contributed by atoms with E-state index in [-0.39, 0.29) is 6.04 Å². The Bertz CT molecular complexity index is 430. The van der Waals surface area contributed by atoms with Crippen LogP contribution in [0, 0.1) is 0 Å². The zero-order chi connectivity index (χ0) is 14.5. The van der Waals surface area contributed by atoms with E-state index in [0.717, 1.165) is 5.76 Å². The van der Waals surface area contributed by atoms with Crippen LogP contribution in [0.4, 0.5) is 4.79 Å². The van der Waals surface area contributed by atoms with Crippen LogP contribution in [0.25, 0.3) is 0 Å². The molecule has 106 valence electrons. The molecule has 0 aliphatic rings. The van der Waals surface area contributed by atoms with E-state index in [4.69, 9.17) is 9.52 Å². The molecule has 0 saturated heterocycles.